The number of nitrogens with zero attached hydrogens (tertiary/aromatic N) is 6. The highest BCUT2D eigenvalue weighted by Crippen LogP contribution is 2.39. The number of carbonyl (C=O) groups excluding carboxylic acids is 4. The Hall–Kier alpha value is -7.02. The standard InChI is InChI=1S/C53H60N6O18/c1-31(60)66-29-38-42(68-25-34-17-9-5-10-18-34)44(69-26-35-19-11-6-12-20-35)41(57-59-55)52(74-38)76-47-46(70-27-36-21-13-7-14-22-36)49(71-28-37-23-15-8-16-24-37)53(77-48(47)51(64)65-4)75-43-39(30-67-32(2)61)73-50(63)40(56-58-54)45(43)72-33(3)62/h5-24,38-50,52-53,63H,25-30H2,1-4H3/t38-,39-,40-,41-,42-,43?,44-,45-,46+,47+,48+,49-,50?,52-,53-/m1/s1. The van der Waals surface area contributed by atoms with Gasteiger partial charge in [-0.15, -0.1) is 0 Å². The summed E-state index contributed by atoms with van der Waals surface area (Å²) in [6.45, 7) is 2.14. The molecule has 0 saturated carbocycles. The Bertz CT molecular complexity index is 2620. The number of benzene rings is 4. The van der Waals surface area contributed by atoms with Crippen LogP contribution in [0.15, 0.2) is 132 Å². The second kappa shape index (κ2) is 28.9. The Morgan fingerprint density at radius 2 is 0.935 bits per heavy atom. The van der Waals surface area contributed by atoms with Gasteiger partial charge in [-0.3, -0.25) is 14.4 Å². The van der Waals surface area contributed by atoms with Crippen molar-refractivity contribution in [1.29, 1.82) is 0 Å². The molecule has 4 aromatic rings. The van der Waals surface area contributed by atoms with Crippen LogP contribution in [0, 0.1) is 0 Å². The molecule has 410 valence electrons. The van der Waals surface area contributed by atoms with Gasteiger partial charge in [0.05, 0.1) is 33.5 Å². The molecule has 24 heteroatoms. The van der Waals surface area contributed by atoms with Gasteiger partial charge >= 0.3 is 23.9 Å². The Balaban J connectivity index is 1.35. The number of aliphatic hydroxyl groups excluding tert-OH is 1. The van der Waals surface area contributed by atoms with E-state index in [0.717, 1.165) is 32.1 Å². The molecular weight excluding hydrogens is 1010 g/mol. The average molecular weight is 1070 g/mol. The van der Waals surface area contributed by atoms with Crippen LogP contribution in [0.25, 0.3) is 20.9 Å². The molecule has 24 nitrogen and oxygen atoms in total. The molecule has 1 N–H and O–H groups in total. The van der Waals surface area contributed by atoms with Crippen LogP contribution in [0.4, 0.5) is 0 Å². The molecule has 3 saturated heterocycles. The SMILES string of the molecule is COC(=O)[C@H]1O[C@@H](OC2[C@@H](COC(C)=O)OC(O)[C@H](N=[N+]=[N-])[C@H]2OC(C)=O)[C@H](OCc2ccccc2)[C@@H](OCc2ccccc2)[C@@H]1O[C@H]1O[C@H](COC(C)=O)[C@@H](OCc2ccccc2)[C@H](OCc2ccccc2)[C@H]1N=[N+]=[N-]. The van der Waals surface area contributed by atoms with E-state index in [1.54, 1.807) is 60.7 Å². The largest absolute Gasteiger partial charge is 0.467 e. The van der Waals surface area contributed by atoms with Crippen LogP contribution in [0.3, 0.4) is 0 Å². The fourth-order valence-corrected chi connectivity index (χ4v) is 8.94. The summed E-state index contributed by atoms with van der Waals surface area (Å²) in [4.78, 5) is 57.8. The summed E-state index contributed by atoms with van der Waals surface area (Å²) in [5.41, 5.74) is 22.7. The van der Waals surface area contributed by atoms with Crippen molar-refractivity contribution in [3.05, 3.63) is 164 Å². The van der Waals surface area contributed by atoms with Crippen LogP contribution in [0.1, 0.15) is 43.0 Å². The second-order valence-electron chi connectivity index (χ2n) is 17.9. The van der Waals surface area contributed by atoms with E-state index >= 15 is 0 Å². The first kappa shape index (κ1) is 57.7. The number of hydrogen-bond acceptors (Lipinski definition) is 20. The van der Waals surface area contributed by atoms with Gasteiger partial charge in [-0.2, -0.15) is 0 Å². The van der Waals surface area contributed by atoms with Crippen molar-refractivity contribution in [1.82, 2.24) is 0 Å². The summed E-state index contributed by atoms with van der Waals surface area (Å²) >= 11 is 0. The third-order valence-electron chi connectivity index (χ3n) is 12.5. The molecule has 3 aliphatic heterocycles. The zero-order valence-corrected chi connectivity index (χ0v) is 42.5. The minimum Gasteiger partial charge on any atom is -0.467 e. The van der Waals surface area contributed by atoms with Crippen molar-refractivity contribution in [3.8, 4) is 0 Å². The highest BCUT2D eigenvalue weighted by molar-refractivity contribution is 5.75. The molecule has 0 spiro atoms. The normalized spacial score (nSPS) is 28.9. The Labute approximate surface area is 442 Å². The molecule has 0 radical (unpaired) electrons. The summed E-state index contributed by atoms with van der Waals surface area (Å²) in [5, 5.41) is 18.9. The lowest BCUT2D eigenvalue weighted by molar-refractivity contribution is -0.371. The molecule has 15 atom stereocenters. The molecule has 3 fully saturated rings. The molecule has 77 heavy (non-hydrogen) atoms. The first-order valence-corrected chi connectivity index (χ1v) is 24.5. The van der Waals surface area contributed by atoms with Crippen molar-refractivity contribution in [2.45, 2.75) is 139 Å². The summed E-state index contributed by atoms with van der Waals surface area (Å²) in [6, 6.07) is 33.2. The minimum absolute atomic E-state index is 0.0229. The third-order valence-corrected chi connectivity index (χ3v) is 12.5. The smallest absolute Gasteiger partial charge is 0.337 e. The molecule has 0 bridgehead atoms. The Morgan fingerprint density at radius 1 is 0.506 bits per heavy atom. The Kier molecular flexibility index (Phi) is 21.7. The van der Waals surface area contributed by atoms with Gasteiger partial charge in [0.15, 0.2) is 25.0 Å². The fourth-order valence-electron chi connectivity index (χ4n) is 8.94. The topological polar surface area (TPSA) is 306 Å². The fraction of sp³-hybridized carbons (Fsp3) is 0.472. The van der Waals surface area contributed by atoms with E-state index in [1.165, 1.54) is 6.92 Å². The van der Waals surface area contributed by atoms with Crippen LogP contribution in [-0.2, 0) is 107 Å². The number of methoxy groups -OCH3 is 1. The number of azide groups is 2. The zero-order valence-electron chi connectivity index (χ0n) is 42.5. The maximum atomic E-state index is 14.4. The third kappa shape index (κ3) is 16.0. The van der Waals surface area contributed by atoms with E-state index in [2.05, 4.69) is 20.1 Å². The molecule has 0 aliphatic carbocycles. The number of ether oxygens (including phenoxy) is 13. The van der Waals surface area contributed by atoms with Gasteiger partial charge in [0, 0.05) is 30.6 Å². The molecule has 3 aliphatic rings. The van der Waals surface area contributed by atoms with Crippen molar-refractivity contribution < 1.29 is 85.9 Å². The van der Waals surface area contributed by atoms with E-state index in [-0.39, 0.29) is 26.4 Å². The van der Waals surface area contributed by atoms with Crippen molar-refractivity contribution in [2.24, 2.45) is 10.2 Å². The number of aliphatic hydroxyl groups is 1. The van der Waals surface area contributed by atoms with Crippen LogP contribution in [-0.4, -0.2) is 141 Å². The monoisotopic (exact) mass is 1070 g/mol. The predicted octanol–water partition coefficient (Wildman–Crippen LogP) is 5.85. The van der Waals surface area contributed by atoms with Crippen LogP contribution >= 0.6 is 0 Å². The van der Waals surface area contributed by atoms with Gasteiger partial charge in [0.1, 0.15) is 80.2 Å². The van der Waals surface area contributed by atoms with Gasteiger partial charge in [0.2, 0.25) is 0 Å². The highest BCUT2D eigenvalue weighted by atomic mass is 16.8. The maximum Gasteiger partial charge on any atom is 0.337 e. The van der Waals surface area contributed by atoms with E-state index in [1.807, 2.05) is 60.7 Å². The average Bonchev–Trinajstić information content (AvgIpc) is 3.48. The van der Waals surface area contributed by atoms with E-state index < -0.39 is 129 Å². The molecule has 3 heterocycles. The lowest BCUT2D eigenvalue weighted by atomic mass is 9.94. The summed E-state index contributed by atoms with van der Waals surface area (Å²) in [6.07, 6.45) is -19.9. The molecular formula is C53H60N6O18. The van der Waals surface area contributed by atoms with Gasteiger partial charge in [-0.1, -0.05) is 132 Å². The molecule has 4 aromatic carbocycles. The summed E-state index contributed by atoms with van der Waals surface area (Å²) < 4.78 is 81.2. The molecule has 7 rings (SSSR count). The quantitative estimate of drug-likeness (QED) is 0.0283. The number of hydrogen-bond donors (Lipinski definition) is 1. The number of esters is 4. The molecule has 2 unspecified atom stereocenters. The summed E-state index contributed by atoms with van der Waals surface area (Å²) in [5.74, 6) is -3.32. The highest BCUT2D eigenvalue weighted by Gasteiger charge is 2.58. The number of carbonyl (C=O) groups is 4. The van der Waals surface area contributed by atoms with E-state index in [0.29, 0.717) is 11.1 Å². The van der Waals surface area contributed by atoms with Crippen LogP contribution in [0.5, 0.6) is 0 Å². The number of rotatable bonds is 24. The summed E-state index contributed by atoms with van der Waals surface area (Å²) in [7, 11) is 1.10. The maximum absolute atomic E-state index is 14.4. The van der Waals surface area contributed by atoms with Gasteiger partial charge in [-0.25, -0.2) is 4.79 Å². The van der Waals surface area contributed by atoms with Crippen LogP contribution in [0.2, 0.25) is 0 Å². The van der Waals surface area contributed by atoms with E-state index in [4.69, 9.17) is 61.6 Å². The Morgan fingerprint density at radius 3 is 1.39 bits per heavy atom. The van der Waals surface area contributed by atoms with Crippen molar-refractivity contribution in [2.75, 3.05) is 20.3 Å². The van der Waals surface area contributed by atoms with Gasteiger partial charge in [-0.05, 0) is 33.3 Å². The molecule has 0 amide bonds. The lowest BCUT2D eigenvalue weighted by Crippen LogP contribution is -2.68. The molecule has 0 aromatic heterocycles. The first-order chi connectivity index (χ1) is 37.4. The van der Waals surface area contributed by atoms with E-state index in [9.17, 15) is 35.3 Å². The lowest BCUT2D eigenvalue weighted by Gasteiger charge is -2.50. The minimum atomic E-state index is -1.90. The van der Waals surface area contributed by atoms with Crippen LogP contribution < -0.4 is 0 Å². The predicted molar refractivity (Wildman–Crippen MR) is 265 cm³/mol. The van der Waals surface area contributed by atoms with Gasteiger partial charge < -0.3 is 66.7 Å². The van der Waals surface area contributed by atoms with Crippen molar-refractivity contribution >= 4 is 23.9 Å². The second-order valence-corrected chi connectivity index (χ2v) is 17.9. The van der Waals surface area contributed by atoms with Crippen molar-refractivity contribution in [3.63, 3.8) is 0 Å². The zero-order chi connectivity index (χ0) is 54.7. The van der Waals surface area contributed by atoms with Gasteiger partial charge in [0.25, 0.3) is 0 Å². The first-order valence-electron chi connectivity index (χ1n) is 24.5.